The molecule has 2 saturated heterocycles. The molecule has 2 aliphatic heterocycles. The number of aliphatic hydroxyl groups is 1. The minimum absolute atomic E-state index is 0. The van der Waals surface area contributed by atoms with Gasteiger partial charge < -0.3 is 20.1 Å². The Bertz CT molecular complexity index is 350. The van der Waals surface area contributed by atoms with Crippen LogP contribution < -0.4 is 5.32 Å². The Morgan fingerprint density at radius 3 is 2.70 bits per heavy atom. The van der Waals surface area contributed by atoms with E-state index in [9.17, 15) is 23.1 Å². The molecule has 2 heterocycles. The van der Waals surface area contributed by atoms with E-state index in [2.05, 4.69) is 5.32 Å². The fourth-order valence-corrected chi connectivity index (χ4v) is 2.33. The third kappa shape index (κ3) is 3.75. The number of hydrogen-bond donors (Lipinski definition) is 2. The minimum atomic E-state index is -4.70. The van der Waals surface area contributed by atoms with E-state index in [1.54, 1.807) is 0 Å². The molecular weight excluding hydrogens is 301 g/mol. The van der Waals surface area contributed by atoms with Crippen molar-refractivity contribution in [3.63, 3.8) is 0 Å². The quantitative estimate of drug-likeness (QED) is 0.769. The summed E-state index contributed by atoms with van der Waals surface area (Å²) < 4.78 is 43.0. The van der Waals surface area contributed by atoms with E-state index in [-0.39, 0.29) is 37.3 Å². The Morgan fingerprint density at radius 2 is 2.20 bits per heavy atom. The van der Waals surface area contributed by atoms with Gasteiger partial charge in [0.2, 0.25) is 5.91 Å². The largest absolute Gasteiger partial charge is 0.419 e. The highest BCUT2D eigenvalue weighted by molar-refractivity contribution is 5.85. The molecule has 1 amide bonds. The summed E-state index contributed by atoms with van der Waals surface area (Å²) >= 11 is 0. The third-order valence-electron chi connectivity index (χ3n) is 3.55. The average Bonchev–Trinajstić information content (AvgIpc) is 2.74. The third-order valence-corrected chi connectivity index (χ3v) is 3.55. The van der Waals surface area contributed by atoms with E-state index in [4.69, 9.17) is 4.74 Å². The van der Waals surface area contributed by atoms with E-state index in [1.807, 2.05) is 0 Å². The average molecular weight is 319 g/mol. The van der Waals surface area contributed by atoms with Gasteiger partial charge in [-0.25, -0.2) is 0 Å². The number of nitrogens with zero attached hydrogens (tertiary/aromatic N) is 1. The highest BCUT2D eigenvalue weighted by atomic mass is 35.5. The zero-order chi connectivity index (χ0) is 14.1. The summed E-state index contributed by atoms with van der Waals surface area (Å²) in [4.78, 5) is 13.0. The lowest BCUT2D eigenvalue weighted by Gasteiger charge is -2.27. The minimum Gasteiger partial charge on any atom is -0.379 e. The number of rotatable bonds is 2. The van der Waals surface area contributed by atoms with Gasteiger partial charge in [-0.3, -0.25) is 4.79 Å². The van der Waals surface area contributed by atoms with E-state index in [1.165, 1.54) is 0 Å². The number of morpholine rings is 1. The van der Waals surface area contributed by atoms with Crippen LogP contribution in [0.1, 0.15) is 12.8 Å². The van der Waals surface area contributed by atoms with Gasteiger partial charge in [0.15, 0.2) is 5.60 Å². The van der Waals surface area contributed by atoms with Gasteiger partial charge in [-0.1, -0.05) is 0 Å². The molecule has 20 heavy (non-hydrogen) atoms. The number of carbonyl (C=O) groups excluding carboxylic acids is 1. The molecule has 2 atom stereocenters. The van der Waals surface area contributed by atoms with Gasteiger partial charge in [0.1, 0.15) is 0 Å². The molecule has 2 aliphatic rings. The summed E-state index contributed by atoms with van der Waals surface area (Å²) in [5, 5.41) is 12.6. The number of halogens is 4. The Balaban J connectivity index is 0.00000200. The predicted molar refractivity (Wildman–Crippen MR) is 66.7 cm³/mol. The summed E-state index contributed by atoms with van der Waals surface area (Å²) in [6.07, 6.45) is -5.07. The predicted octanol–water partition coefficient (Wildman–Crippen LogP) is 0.312. The first-order valence-corrected chi connectivity index (χ1v) is 6.20. The standard InChI is InChI=1S/C11H17F3N2O3.ClH/c12-11(13,14)10(18)1-3-16(7-10)9(17)5-8-6-19-4-2-15-8;/h8,15,18H,1-7H2;1H. The molecule has 2 N–H and O–H groups in total. The number of nitrogens with one attached hydrogen (secondary N) is 1. The summed E-state index contributed by atoms with van der Waals surface area (Å²) in [5.74, 6) is -0.386. The van der Waals surface area contributed by atoms with Gasteiger partial charge in [0.05, 0.1) is 19.8 Å². The maximum Gasteiger partial charge on any atom is 0.419 e. The summed E-state index contributed by atoms with van der Waals surface area (Å²) in [6, 6.07) is -0.166. The molecule has 2 unspecified atom stereocenters. The van der Waals surface area contributed by atoms with Crippen molar-refractivity contribution in [2.75, 3.05) is 32.8 Å². The summed E-state index contributed by atoms with van der Waals surface area (Å²) in [7, 11) is 0. The molecular formula is C11H18ClF3N2O3. The van der Waals surface area contributed by atoms with Gasteiger partial charge in [0.25, 0.3) is 0 Å². The summed E-state index contributed by atoms with van der Waals surface area (Å²) in [5.41, 5.74) is -2.76. The van der Waals surface area contributed by atoms with E-state index in [0.29, 0.717) is 19.8 Å². The number of amides is 1. The van der Waals surface area contributed by atoms with Gasteiger partial charge >= 0.3 is 6.18 Å². The number of carbonyl (C=O) groups is 1. The fourth-order valence-electron chi connectivity index (χ4n) is 2.33. The van der Waals surface area contributed by atoms with Gasteiger partial charge in [0, 0.05) is 32.0 Å². The first kappa shape index (κ1) is 17.5. The van der Waals surface area contributed by atoms with Crippen molar-refractivity contribution in [3.05, 3.63) is 0 Å². The Labute approximate surface area is 120 Å². The van der Waals surface area contributed by atoms with Crippen LogP contribution >= 0.6 is 12.4 Å². The zero-order valence-corrected chi connectivity index (χ0v) is 11.6. The van der Waals surface area contributed by atoms with Gasteiger partial charge in [-0.05, 0) is 0 Å². The SMILES string of the molecule is Cl.O=C(CC1COCCN1)N1CCC(O)(C(F)(F)F)C1. The lowest BCUT2D eigenvalue weighted by molar-refractivity contribution is -0.253. The van der Waals surface area contributed by atoms with Crippen LogP contribution in [-0.4, -0.2) is 66.6 Å². The molecule has 5 nitrogen and oxygen atoms in total. The Kier molecular flexibility index (Phi) is 5.65. The maximum absolute atomic E-state index is 12.6. The van der Waals surface area contributed by atoms with Crippen LogP contribution in [-0.2, 0) is 9.53 Å². The van der Waals surface area contributed by atoms with Gasteiger partial charge in [-0.2, -0.15) is 13.2 Å². The Hall–Kier alpha value is -0.570. The van der Waals surface area contributed by atoms with Crippen LogP contribution in [0, 0.1) is 0 Å². The first-order valence-electron chi connectivity index (χ1n) is 6.20. The lowest BCUT2D eigenvalue weighted by Crippen LogP contribution is -2.49. The van der Waals surface area contributed by atoms with Crippen molar-refractivity contribution in [2.24, 2.45) is 0 Å². The van der Waals surface area contributed by atoms with Crippen LogP contribution in [0.4, 0.5) is 13.2 Å². The molecule has 0 radical (unpaired) electrons. The van der Waals surface area contributed by atoms with Crippen molar-refractivity contribution in [3.8, 4) is 0 Å². The number of hydrogen-bond acceptors (Lipinski definition) is 4. The van der Waals surface area contributed by atoms with E-state index < -0.39 is 24.7 Å². The van der Waals surface area contributed by atoms with Crippen molar-refractivity contribution in [1.82, 2.24) is 10.2 Å². The first-order chi connectivity index (χ1) is 8.82. The smallest absolute Gasteiger partial charge is 0.379 e. The van der Waals surface area contributed by atoms with E-state index in [0.717, 1.165) is 4.90 Å². The summed E-state index contributed by atoms with van der Waals surface area (Å²) in [6.45, 7) is 0.834. The fraction of sp³-hybridized carbons (Fsp3) is 0.909. The Morgan fingerprint density at radius 1 is 1.50 bits per heavy atom. The molecule has 0 aliphatic carbocycles. The topological polar surface area (TPSA) is 61.8 Å². The van der Waals surface area contributed by atoms with Crippen molar-refractivity contribution < 1.29 is 27.8 Å². The molecule has 9 heteroatoms. The highest BCUT2D eigenvalue weighted by Crippen LogP contribution is 2.37. The van der Waals surface area contributed by atoms with Crippen LogP contribution in [0.2, 0.25) is 0 Å². The van der Waals surface area contributed by atoms with Crippen molar-refractivity contribution >= 4 is 18.3 Å². The van der Waals surface area contributed by atoms with Crippen molar-refractivity contribution in [1.29, 1.82) is 0 Å². The van der Waals surface area contributed by atoms with E-state index >= 15 is 0 Å². The second-order valence-corrected chi connectivity index (χ2v) is 5.02. The van der Waals surface area contributed by atoms with Crippen molar-refractivity contribution in [2.45, 2.75) is 30.7 Å². The number of likely N-dealkylation sites (tertiary alicyclic amines) is 1. The number of β-amino-alcohol motifs (C(OH)–C–C–N with tert-alkyl or cyclic N) is 1. The van der Waals surface area contributed by atoms with Crippen LogP contribution in [0.3, 0.4) is 0 Å². The molecule has 118 valence electrons. The normalized spacial score (nSPS) is 31.0. The number of alkyl halides is 3. The molecule has 2 rings (SSSR count). The maximum atomic E-state index is 12.6. The molecule has 0 bridgehead atoms. The van der Waals surface area contributed by atoms with Crippen LogP contribution in [0.15, 0.2) is 0 Å². The molecule has 0 aromatic carbocycles. The van der Waals surface area contributed by atoms with Crippen LogP contribution in [0.25, 0.3) is 0 Å². The zero-order valence-electron chi connectivity index (χ0n) is 10.8. The molecule has 0 aromatic heterocycles. The molecule has 2 fully saturated rings. The van der Waals surface area contributed by atoms with Crippen LogP contribution in [0.5, 0.6) is 0 Å². The second kappa shape index (κ2) is 6.46. The lowest BCUT2D eigenvalue weighted by atomic mass is 10.0. The van der Waals surface area contributed by atoms with Gasteiger partial charge in [-0.15, -0.1) is 12.4 Å². The molecule has 0 spiro atoms. The molecule has 0 saturated carbocycles. The second-order valence-electron chi connectivity index (χ2n) is 5.02. The molecule has 0 aromatic rings. The number of ether oxygens (including phenoxy) is 1. The monoisotopic (exact) mass is 318 g/mol. The highest BCUT2D eigenvalue weighted by Gasteiger charge is 2.57.